The molecule has 3 aliphatic carbocycles. The molecule has 114 valence electrons. The van der Waals surface area contributed by atoms with E-state index in [4.69, 9.17) is 0 Å². The zero-order valence-electron chi connectivity index (χ0n) is 13.0. The van der Waals surface area contributed by atoms with E-state index in [1.54, 1.807) is 6.08 Å². The Kier molecular flexibility index (Phi) is 4.42. The fourth-order valence-electron chi connectivity index (χ4n) is 3.66. The summed E-state index contributed by atoms with van der Waals surface area (Å²) in [7, 11) is 0. The number of rotatable bonds is 7. The molecule has 3 unspecified atom stereocenters. The molecule has 0 heterocycles. The van der Waals surface area contributed by atoms with Crippen molar-refractivity contribution in [3.05, 3.63) is 84.3 Å². The minimum atomic E-state index is 0.0483. The molecule has 0 fully saturated rings. The van der Waals surface area contributed by atoms with Gasteiger partial charge in [0.15, 0.2) is 0 Å². The van der Waals surface area contributed by atoms with Crippen molar-refractivity contribution in [2.45, 2.75) is 25.7 Å². The smallest absolute Gasteiger partial charge is 0.0969 e. The second kappa shape index (κ2) is 6.48. The van der Waals surface area contributed by atoms with Crippen LogP contribution in [0.5, 0.6) is 0 Å². The summed E-state index contributed by atoms with van der Waals surface area (Å²) in [4.78, 5) is 0. The third-order valence-electron chi connectivity index (χ3n) is 4.90. The molecule has 0 spiro atoms. The van der Waals surface area contributed by atoms with Crippen LogP contribution in [0.25, 0.3) is 0 Å². The molecule has 0 saturated heterocycles. The minimum Gasteiger partial charge on any atom is -0.212 e. The SMILES string of the molecule is C=C/C=C\CCCC(=C)C1=CC=C2C=CC(C3C=C(F)C3)C21. The quantitative estimate of drug-likeness (QED) is 0.399. The molecule has 0 amide bonds. The molecular formula is C21H23F. The van der Waals surface area contributed by atoms with Crippen LogP contribution < -0.4 is 0 Å². The number of unbranched alkanes of at least 4 members (excludes halogenated alkanes) is 1. The van der Waals surface area contributed by atoms with Crippen molar-refractivity contribution < 1.29 is 4.39 Å². The van der Waals surface area contributed by atoms with E-state index in [-0.39, 0.29) is 5.83 Å². The number of allylic oxidation sites excluding steroid dienone is 12. The van der Waals surface area contributed by atoms with E-state index >= 15 is 0 Å². The molecule has 3 rings (SSSR count). The van der Waals surface area contributed by atoms with Crippen LogP contribution in [0.1, 0.15) is 25.7 Å². The van der Waals surface area contributed by atoms with E-state index in [9.17, 15) is 4.39 Å². The van der Waals surface area contributed by atoms with E-state index in [0.29, 0.717) is 24.2 Å². The van der Waals surface area contributed by atoms with Crippen molar-refractivity contribution in [1.29, 1.82) is 0 Å². The average Bonchev–Trinajstić information content (AvgIpc) is 3.05. The predicted octanol–water partition coefficient (Wildman–Crippen LogP) is 6.00. The fourth-order valence-corrected chi connectivity index (χ4v) is 3.66. The first kappa shape index (κ1) is 15.0. The van der Waals surface area contributed by atoms with Gasteiger partial charge in [-0.2, -0.15) is 0 Å². The second-order valence-electron chi connectivity index (χ2n) is 6.34. The first-order chi connectivity index (χ1) is 10.7. The number of hydrogen-bond donors (Lipinski definition) is 0. The Morgan fingerprint density at radius 3 is 2.91 bits per heavy atom. The summed E-state index contributed by atoms with van der Waals surface area (Å²) >= 11 is 0. The Balaban J connectivity index is 1.59. The van der Waals surface area contributed by atoms with Crippen molar-refractivity contribution in [1.82, 2.24) is 0 Å². The normalized spacial score (nSPS) is 29.0. The molecule has 0 bridgehead atoms. The zero-order chi connectivity index (χ0) is 15.5. The monoisotopic (exact) mass is 294 g/mol. The van der Waals surface area contributed by atoms with Crippen LogP contribution in [-0.4, -0.2) is 0 Å². The first-order valence-corrected chi connectivity index (χ1v) is 8.12. The van der Waals surface area contributed by atoms with E-state index in [2.05, 4.69) is 43.5 Å². The van der Waals surface area contributed by atoms with Crippen LogP contribution in [0.2, 0.25) is 0 Å². The molecule has 22 heavy (non-hydrogen) atoms. The lowest BCUT2D eigenvalue weighted by atomic mass is 9.73. The lowest BCUT2D eigenvalue weighted by Gasteiger charge is -2.31. The van der Waals surface area contributed by atoms with Crippen LogP contribution in [0.3, 0.4) is 0 Å². The molecule has 0 aromatic heterocycles. The van der Waals surface area contributed by atoms with Crippen LogP contribution in [0, 0.1) is 17.8 Å². The number of hydrogen-bond acceptors (Lipinski definition) is 0. The molecule has 0 nitrogen and oxygen atoms in total. The van der Waals surface area contributed by atoms with E-state index in [1.807, 2.05) is 12.2 Å². The number of halogens is 1. The van der Waals surface area contributed by atoms with Gasteiger partial charge in [-0.3, -0.25) is 0 Å². The predicted molar refractivity (Wildman–Crippen MR) is 91.9 cm³/mol. The van der Waals surface area contributed by atoms with Gasteiger partial charge in [0.25, 0.3) is 0 Å². The molecular weight excluding hydrogens is 271 g/mol. The summed E-state index contributed by atoms with van der Waals surface area (Å²) in [6.07, 6.45) is 20.4. The van der Waals surface area contributed by atoms with E-state index in [0.717, 1.165) is 19.3 Å². The van der Waals surface area contributed by atoms with Gasteiger partial charge in [0.1, 0.15) is 0 Å². The molecule has 0 aliphatic heterocycles. The molecule has 1 heteroatoms. The highest BCUT2D eigenvalue weighted by Crippen LogP contribution is 2.50. The Hall–Kier alpha value is -1.89. The number of fused-ring (bicyclic) bond motifs is 1. The fraction of sp³-hybridized carbons (Fsp3) is 0.333. The van der Waals surface area contributed by atoms with Crippen molar-refractivity contribution in [2.75, 3.05) is 0 Å². The highest BCUT2D eigenvalue weighted by molar-refractivity contribution is 5.53. The van der Waals surface area contributed by atoms with Gasteiger partial charge in [-0.05, 0) is 48.3 Å². The Morgan fingerprint density at radius 1 is 1.36 bits per heavy atom. The van der Waals surface area contributed by atoms with Gasteiger partial charge in [0, 0.05) is 12.3 Å². The summed E-state index contributed by atoms with van der Waals surface area (Å²) in [5.74, 6) is 1.23. The average molecular weight is 294 g/mol. The Morgan fingerprint density at radius 2 is 2.18 bits per heavy atom. The van der Waals surface area contributed by atoms with Gasteiger partial charge in [-0.1, -0.05) is 61.3 Å². The van der Waals surface area contributed by atoms with Crippen LogP contribution >= 0.6 is 0 Å². The first-order valence-electron chi connectivity index (χ1n) is 8.12. The van der Waals surface area contributed by atoms with Gasteiger partial charge in [-0.25, -0.2) is 4.39 Å². The summed E-state index contributed by atoms with van der Waals surface area (Å²) < 4.78 is 13.1. The van der Waals surface area contributed by atoms with Crippen molar-refractivity contribution >= 4 is 0 Å². The lowest BCUT2D eigenvalue weighted by molar-refractivity contribution is 0.340. The van der Waals surface area contributed by atoms with Crippen LogP contribution in [0.4, 0.5) is 4.39 Å². The second-order valence-corrected chi connectivity index (χ2v) is 6.34. The topological polar surface area (TPSA) is 0 Å². The maximum Gasteiger partial charge on any atom is 0.0969 e. The standard InChI is InChI=1S/C21H23F/c1-3-4-5-6-7-8-15(2)19-11-9-16-10-12-20(21(16)19)17-13-18(22)14-17/h3-5,9-13,17,20-21H,1-2,6-8,14H2/b5-4-. The van der Waals surface area contributed by atoms with Crippen LogP contribution in [0.15, 0.2) is 84.3 Å². The van der Waals surface area contributed by atoms with Gasteiger partial charge in [0.05, 0.1) is 5.83 Å². The summed E-state index contributed by atoms with van der Waals surface area (Å²) in [6.45, 7) is 7.98. The maximum atomic E-state index is 13.1. The lowest BCUT2D eigenvalue weighted by Crippen LogP contribution is -2.24. The van der Waals surface area contributed by atoms with Gasteiger partial charge in [0.2, 0.25) is 0 Å². The van der Waals surface area contributed by atoms with Crippen molar-refractivity contribution in [2.24, 2.45) is 17.8 Å². The molecule has 3 aliphatic rings. The summed E-state index contributed by atoms with van der Waals surface area (Å²) in [5.41, 5.74) is 3.97. The zero-order valence-corrected chi connectivity index (χ0v) is 13.0. The molecule has 0 saturated carbocycles. The third kappa shape index (κ3) is 2.85. The highest BCUT2D eigenvalue weighted by atomic mass is 19.1. The van der Waals surface area contributed by atoms with E-state index < -0.39 is 0 Å². The van der Waals surface area contributed by atoms with E-state index in [1.165, 1.54) is 16.7 Å². The molecule has 0 N–H and O–H groups in total. The molecule has 3 atom stereocenters. The summed E-state index contributed by atoms with van der Waals surface area (Å²) in [6, 6.07) is 0. The summed E-state index contributed by atoms with van der Waals surface area (Å²) in [5, 5.41) is 0. The largest absolute Gasteiger partial charge is 0.212 e. The van der Waals surface area contributed by atoms with Gasteiger partial charge < -0.3 is 0 Å². The molecule has 0 radical (unpaired) electrons. The minimum absolute atomic E-state index is 0.0483. The highest BCUT2D eigenvalue weighted by Gasteiger charge is 2.39. The van der Waals surface area contributed by atoms with Crippen molar-refractivity contribution in [3.63, 3.8) is 0 Å². The Bertz CT molecular complexity index is 624. The van der Waals surface area contributed by atoms with Crippen LogP contribution in [-0.2, 0) is 0 Å². The van der Waals surface area contributed by atoms with Gasteiger partial charge >= 0.3 is 0 Å². The van der Waals surface area contributed by atoms with Crippen molar-refractivity contribution in [3.8, 4) is 0 Å². The van der Waals surface area contributed by atoms with Gasteiger partial charge in [-0.15, -0.1) is 0 Å². The molecule has 0 aromatic rings. The third-order valence-corrected chi connectivity index (χ3v) is 4.90. The maximum absolute atomic E-state index is 13.1. The Labute approximate surface area is 132 Å². The molecule has 0 aromatic carbocycles.